The Morgan fingerprint density at radius 2 is 2.12 bits per heavy atom. The predicted molar refractivity (Wildman–Crippen MR) is 95.8 cm³/mol. The topological polar surface area (TPSA) is 67.2 Å². The molecule has 0 saturated heterocycles. The van der Waals surface area contributed by atoms with E-state index in [2.05, 4.69) is 22.1 Å². The summed E-state index contributed by atoms with van der Waals surface area (Å²) >= 11 is 0. The Hall–Kier alpha value is -2.63. The molecular formula is C19H24N4O2. The highest BCUT2D eigenvalue weighted by Gasteiger charge is 2.14. The van der Waals surface area contributed by atoms with Crippen molar-refractivity contribution in [3.63, 3.8) is 0 Å². The first-order valence-corrected chi connectivity index (χ1v) is 8.65. The Balaban J connectivity index is 1.56. The first-order chi connectivity index (χ1) is 12.0. The van der Waals surface area contributed by atoms with Gasteiger partial charge in [0.15, 0.2) is 0 Å². The Kier molecular flexibility index (Phi) is 5.16. The van der Waals surface area contributed by atoms with Crippen LogP contribution in [-0.2, 0) is 29.1 Å². The van der Waals surface area contributed by atoms with Crippen molar-refractivity contribution < 1.29 is 9.59 Å². The maximum atomic E-state index is 11.9. The van der Waals surface area contributed by atoms with Crippen molar-refractivity contribution in [2.45, 2.75) is 38.8 Å². The van der Waals surface area contributed by atoms with Crippen molar-refractivity contribution in [2.24, 2.45) is 0 Å². The molecule has 0 aliphatic carbocycles. The summed E-state index contributed by atoms with van der Waals surface area (Å²) in [6.45, 7) is 1.50. The maximum Gasteiger partial charge on any atom is 0.222 e. The first kappa shape index (κ1) is 17.2. The number of nitrogens with one attached hydrogen (secondary N) is 1. The van der Waals surface area contributed by atoms with Crippen LogP contribution in [-0.4, -0.2) is 40.4 Å². The summed E-state index contributed by atoms with van der Waals surface area (Å²) in [7, 11) is 3.38. The van der Waals surface area contributed by atoms with Crippen molar-refractivity contribution >= 4 is 11.8 Å². The summed E-state index contributed by atoms with van der Waals surface area (Å²) in [5.74, 6) is 1.01. The lowest BCUT2D eigenvalue weighted by atomic mass is 10.1. The molecule has 132 valence electrons. The molecule has 1 aliphatic rings. The molecule has 6 nitrogen and oxygen atoms in total. The van der Waals surface area contributed by atoms with Crippen LogP contribution in [0.4, 0.5) is 0 Å². The van der Waals surface area contributed by atoms with Gasteiger partial charge in [-0.15, -0.1) is 0 Å². The van der Waals surface area contributed by atoms with E-state index in [1.807, 2.05) is 18.2 Å². The van der Waals surface area contributed by atoms with E-state index in [0.29, 0.717) is 6.54 Å². The number of nitrogens with zero attached hydrogens (tertiary/aromatic N) is 3. The van der Waals surface area contributed by atoms with E-state index in [1.165, 1.54) is 11.3 Å². The Morgan fingerprint density at radius 3 is 2.88 bits per heavy atom. The molecule has 6 heteroatoms. The third-order valence-electron chi connectivity index (χ3n) is 4.44. The molecule has 3 rings (SSSR count). The van der Waals surface area contributed by atoms with Crippen LogP contribution in [0.2, 0.25) is 0 Å². The fraction of sp³-hybridized carbons (Fsp3) is 0.421. The molecule has 0 saturated carbocycles. The van der Waals surface area contributed by atoms with Gasteiger partial charge in [-0.25, -0.2) is 4.98 Å². The van der Waals surface area contributed by atoms with Gasteiger partial charge in [0.25, 0.3) is 0 Å². The van der Waals surface area contributed by atoms with Crippen molar-refractivity contribution in [1.82, 2.24) is 19.8 Å². The van der Waals surface area contributed by atoms with E-state index in [0.717, 1.165) is 35.6 Å². The summed E-state index contributed by atoms with van der Waals surface area (Å²) in [5.41, 5.74) is 3.08. The van der Waals surface area contributed by atoms with Crippen molar-refractivity contribution in [1.29, 1.82) is 0 Å². The van der Waals surface area contributed by atoms with Gasteiger partial charge in [-0.05, 0) is 18.1 Å². The molecule has 0 radical (unpaired) electrons. The van der Waals surface area contributed by atoms with Gasteiger partial charge in [0, 0.05) is 58.2 Å². The molecule has 0 spiro atoms. The maximum absolute atomic E-state index is 11.9. The van der Waals surface area contributed by atoms with E-state index in [4.69, 9.17) is 4.98 Å². The van der Waals surface area contributed by atoms with Gasteiger partial charge in [0.05, 0.1) is 5.69 Å². The number of fused-ring (bicyclic) bond motifs is 1. The third-order valence-corrected chi connectivity index (χ3v) is 4.44. The molecule has 2 amide bonds. The first-order valence-electron chi connectivity index (χ1n) is 8.65. The number of imidazole rings is 1. The fourth-order valence-corrected chi connectivity index (χ4v) is 2.97. The average Bonchev–Trinajstić information content (AvgIpc) is 3.19. The normalized spacial score (nSPS) is 12.7. The van der Waals surface area contributed by atoms with Crippen LogP contribution in [0.3, 0.4) is 0 Å². The molecule has 0 unspecified atom stereocenters. The summed E-state index contributed by atoms with van der Waals surface area (Å²) in [6, 6.07) is 8.07. The lowest BCUT2D eigenvalue weighted by Gasteiger charge is -2.10. The van der Waals surface area contributed by atoms with E-state index in [-0.39, 0.29) is 24.7 Å². The summed E-state index contributed by atoms with van der Waals surface area (Å²) in [6.07, 6.45) is 4.77. The lowest BCUT2D eigenvalue weighted by Crippen LogP contribution is -2.26. The number of aryl methyl sites for hydroxylation is 2. The van der Waals surface area contributed by atoms with E-state index in [1.54, 1.807) is 14.1 Å². The van der Waals surface area contributed by atoms with Crippen molar-refractivity contribution in [3.05, 3.63) is 41.9 Å². The van der Waals surface area contributed by atoms with Gasteiger partial charge in [-0.3, -0.25) is 9.59 Å². The molecule has 1 aromatic carbocycles. The van der Waals surface area contributed by atoms with Crippen LogP contribution < -0.4 is 5.32 Å². The predicted octanol–water partition coefficient (Wildman–Crippen LogP) is 1.98. The average molecular weight is 340 g/mol. The number of carbonyl (C=O) groups is 2. The third kappa shape index (κ3) is 4.26. The highest BCUT2D eigenvalue weighted by Crippen LogP contribution is 2.23. The minimum Gasteiger partial charge on any atom is -0.352 e. The second-order valence-electron chi connectivity index (χ2n) is 6.60. The van der Waals surface area contributed by atoms with Crippen LogP contribution in [0.15, 0.2) is 30.5 Å². The number of hydrogen-bond donors (Lipinski definition) is 1. The van der Waals surface area contributed by atoms with E-state index >= 15 is 0 Å². The van der Waals surface area contributed by atoms with Gasteiger partial charge in [-0.1, -0.05) is 18.2 Å². The Morgan fingerprint density at radius 1 is 1.28 bits per heavy atom. The van der Waals surface area contributed by atoms with Crippen LogP contribution in [0.1, 0.15) is 30.7 Å². The quantitative estimate of drug-likeness (QED) is 0.874. The highest BCUT2D eigenvalue weighted by molar-refractivity contribution is 5.83. The standard InChI is InChI=1S/C19H24N4O2/c1-22(2)19(25)9-8-18(24)20-12-14-5-3-6-15(11-14)16-13-23-10-4-7-17(23)21-16/h3,5-6,11,13H,4,7-10,12H2,1-2H3,(H,20,24). The molecule has 1 aliphatic heterocycles. The molecule has 2 aromatic rings. The van der Waals surface area contributed by atoms with E-state index < -0.39 is 0 Å². The SMILES string of the molecule is CN(C)C(=O)CCC(=O)NCc1cccc(-c2cn3c(n2)CCC3)c1. The second kappa shape index (κ2) is 7.51. The Labute approximate surface area is 147 Å². The van der Waals surface area contributed by atoms with Crippen LogP contribution in [0.5, 0.6) is 0 Å². The van der Waals surface area contributed by atoms with Gasteiger partial charge >= 0.3 is 0 Å². The van der Waals surface area contributed by atoms with Crippen molar-refractivity contribution in [3.8, 4) is 11.3 Å². The zero-order chi connectivity index (χ0) is 17.8. The molecule has 2 heterocycles. The van der Waals surface area contributed by atoms with Gasteiger partial charge in [0.1, 0.15) is 5.82 Å². The fourth-order valence-electron chi connectivity index (χ4n) is 2.97. The molecule has 0 atom stereocenters. The highest BCUT2D eigenvalue weighted by atomic mass is 16.2. The largest absolute Gasteiger partial charge is 0.352 e. The number of benzene rings is 1. The molecule has 0 bridgehead atoms. The molecule has 0 fully saturated rings. The minimum absolute atomic E-state index is 0.0371. The summed E-state index contributed by atoms with van der Waals surface area (Å²) in [5, 5.41) is 2.88. The van der Waals surface area contributed by atoms with Crippen molar-refractivity contribution in [2.75, 3.05) is 14.1 Å². The smallest absolute Gasteiger partial charge is 0.222 e. The Bertz CT molecular complexity index is 758. The zero-order valence-electron chi connectivity index (χ0n) is 14.8. The molecular weight excluding hydrogens is 316 g/mol. The number of carbonyl (C=O) groups excluding carboxylic acids is 2. The number of aromatic nitrogens is 2. The van der Waals surface area contributed by atoms with Gasteiger partial charge in [0.2, 0.25) is 11.8 Å². The monoisotopic (exact) mass is 340 g/mol. The van der Waals surface area contributed by atoms with Crippen LogP contribution in [0, 0.1) is 0 Å². The summed E-state index contributed by atoms with van der Waals surface area (Å²) < 4.78 is 2.21. The molecule has 1 aromatic heterocycles. The summed E-state index contributed by atoms with van der Waals surface area (Å²) in [4.78, 5) is 29.6. The van der Waals surface area contributed by atoms with Gasteiger partial charge in [-0.2, -0.15) is 0 Å². The van der Waals surface area contributed by atoms with Crippen LogP contribution in [0.25, 0.3) is 11.3 Å². The van der Waals surface area contributed by atoms with Crippen LogP contribution >= 0.6 is 0 Å². The van der Waals surface area contributed by atoms with E-state index in [9.17, 15) is 9.59 Å². The molecule has 25 heavy (non-hydrogen) atoms. The second-order valence-corrected chi connectivity index (χ2v) is 6.60. The molecule has 1 N–H and O–H groups in total. The van der Waals surface area contributed by atoms with Gasteiger partial charge < -0.3 is 14.8 Å². The number of hydrogen-bond acceptors (Lipinski definition) is 3. The zero-order valence-corrected chi connectivity index (χ0v) is 14.8. The lowest BCUT2D eigenvalue weighted by molar-refractivity contribution is -0.131. The number of rotatable bonds is 6. The number of amides is 2. The minimum atomic E-state index is -0.110.